The minimum Gasteiger partial charge on any atom is -0.468 e. The van der Waals surface area contributed by atoms with Crippen molar-refractivity contribution in [3.8, 4) is 0 Å². The molecule has 0 spiro atoms. The Bertz CT molecular complexity index is 554. The lowest BCUT2D eigenvalue weighted by atomic mass is 9.86. The molecule has 0 bridgehead atoms. The van der Waals surface area contributed by atoms with Crippen LogP contribution in [0.4, 0.5) is 0 Å². The van der Waals surface area contributed by atoms with E-state index in [0.717, 1.165) is 25.4 Å². The van der Waals surface area contributed by atoms with Crippen LogP contribution in [0, 0.1) is 12.3 Å². The van der Waals surface area contributed by atoms with Crippen LogP contribution in [0.3, 0.4) is 0 Å². The van der Waals surface area contributed by atoms with Gasteiger partial charge < -0.3 is 14.3 Å². The van der Waals surface area contributed by atoms with E-state index in [4.69, 9.17) is 9.15 Å². The SMILES string of the molecule is Cc1ccc(CN(Cc2ccco2)CC2(CO)COC2)s1. The summed E-state index contributed by atoms with van der Waals surface area (Å²) in [6.07, 6.45) is 1.71. The van der Waals surface area contributed by atoms with Gasteiger partial charge in [0.25, 0.3) is 0 Å². The molecule has 0 aliphatic carbocycles. The highest BCUT2D eigenvalue weighted by molar-refractivity contribution is 7.11. The van der Waals surface area contributed by atoms with Crippen molar-refractivity contribution >= 4 is 11.3 Å². The summed E-state index contributed by atoms with van der Waals surface area (Å²) in [5.41, 5.74) is -0.112. The highest BCUT2D eigenvalue weighted by Gasteiger charge is 2.39. The maximum absolute atomic E-state index is 9.65. The number of hydrogen-bond donors (Lipinski definition) is 1. The van der Waals surface area contributed by atoms with Crippen molar-refractivity contribution in [2.24, 2.45) is 5.41 Å². The lowest BCUT2D eigenvalue weighted by molar-refractivity contribution is -0.150. The summed E-state index contributed by atoms with van der Waals surface area (Å²) in [4.78, 5) is 5.00. The zero-order chi connectivity index (χ0) is 14.7. The number of furan rings is 1. The molecule has 1 aliphatic rings. The van der Waals surface area contributed by atoms with Crippen LogP contribution in [0.5, 0.6) is 0 Å². The number of nitrogens with zero attached hydrogens (tertiary/aromatic N) is 1. The first-order valence-electron chi connectivity index (χ1n) is 7.18. The molecule has 1 saturated heterocycles. The molecule has 2 aromatic heterocycles. The van der Waals surface area contributed by atoms with E-state index < -0.39 is 0 Å². The zero-order valence-corrected chi connectivity index (χ0v) is 13.1. The third-order valence-corrected chi connectivity index (χ3v) is 4.83. The molecule has 0 aromatic carbocycles. The number of aliphatic hydroxyl groups excluding tert-OH is 1. The van der Waals surface area contributed by atoms with Gasteiger partial charge in [0.2, 0.25) is 0 Å². The van der Waals surface area contributed by atoms with Gasteiger partial charge in [0, 0.05) is 22.8 Å². The molecule has 0 unspecified atom stereocenters. The van der Waals surface area contributed by atoms with E-state index in [2.05, 4.69) is 24.0 Å². The molecule has 4 nitrogen and oxygen atoms in total. The number of hydrogen-bond acceptors (Lipinski definition) is 5. The van der Waals surface area contributed by atoms with Crippen LogP contribution < -0.4 is 0 Å². The molecular formula is C16H21NO3S. The Kier molecular flexibility index (Phi) is 4.45. The molecule has 0 atom stereocenters. The van der Waals surface area contributed by atoms with Crippen LogP contribution in [-0.2, 0) is 17.8 Å². The second-order valence-corrected chi connectivity index (χ2v) is 7.26. The first-order chi connectivity index (χ1) is 10.2. The molecule has 3 heterocycles. The normalized spacial score (nSPS) is 17.1. The Balaban J connectivity index is 1.70. The van der Waals surface area contributed by atoms with Crippen LogP contribution in [0.2, 0.25) is 0 Å². The molecule has 1 N–H and O–H groups in total. The van der Waals surface area contributed by atoms with Gasteiger partial charge in [-0.3, -0.25) is 4.90 Å². The summed E-state index contributed by atoms with van der Waals surface area (Å²) in [5, 5.41) is 9.65. The molecule has 1 aliphatic heterocycles. The fourth-order valence-corrected chi connectivity index (χ4v) is 3.61. The Morgan fingerprint density at radius 3 is 2.67 bits per heavy atom. The first-order valence-corrected chi connectivity index (χ1v) is 7.99. The van der Waals surface area contributed by atoms with E-state index in [1.54, 1.807) is 6.26 Å². The van der Waals surface area contributed by atoms with E-state index in [1.165, 1.54) is 9.75 Å². The van der Waals surface area contributed by atoms with Crippen LogP contribution in [0.25, 0.3) is 0 Å². The van der Waals surface area contributed by atoms with Gasteiger partial charge in [-0.2, -0.15) is 0 Å². The molecular weight excluding hydrogens is 286 g/mol. The van der Waals surface area contributed by atoms with E-state index in [-0.39, 0.29) is 12.0 Å². The first kappa shape index (κ1) is 14.8. The number of thiophene rings is 1. The van der Waals surface area contributed by atoms with Gasteiger partial charge in [0.15, 0.2) is 0 Å². The average molecular weight is 307 g/mol. The van der Waals surface area contributed by atoms with Crippen molar-refractivity contribution in [1.29, 1.82) is 0 Å². The van der Waals surface area contributed by atoms with Crippen molar-refractivity contribution in [1.82, 2.24) is 4.90 Å². The minimum absolute atomic E-state index is 0.112. The summed E-state index contributed by atoms with van der Waals surface area (Å²) in [5.74, 6) is 0.955. The Morgan fingerprint density at radius 2 is 2.14 bits per heavy atom. The largest absolute Gasteiger partial charge is 0.468 e. The van der Waals surface area contributed by atoms with Gasteiger partial charge in [-0.05, 0) is 31.2 Å². The third kappa shape index (κ3) is 3.55. The topological polar surface area (TPSA) is 45.8 Å². The number of aliphatic hydroxyl groups is 1. The highest BCUT2D eigenvalue weighted by atomic mass is 32.1. The van der Waals surface area contributed by atoms with E-state index in [0.29, 0.717) is 13.2 Å². The van der Waals surface area contributed by atoms with E-state index in [9.17, 15) is 5.11 Å². The number of aryl methyl sites for hydroxylation is 1. The van der Waals surface area contributed by atoms with Crippen molar-refractivity contribution in [2.45, 2.75) is 20.0 Å². The highest BCUT2D eigenvalue weighted by Crippen LogP contribution is 2.30. The van der Waals surface area contributed by atoms with Crippen LogP contribution in [-0.4, -0.2) is 36.4 Å². The van der Waals surface area contributed by atoms with E-state index in [1.807, 2.05) is 23.5 Å². The van der Waals surface area contributed by atoms with Gasteiger partial charge in [0.1, 0.15) is 5.76 Å². The Labute approximate surface area is 129 Å². The van der Waals surface area contributed by atoms with Crippen LogP contribution in [0.15, 0.2) is 34.9 Å². The van der Waals surface area contributed by atoms with Crippen molar-refractivity contribution in [2.75, 3.05) is 26.4 Å². The molecule has 0 amide bonds. The number of rotatable bonds is 7. The molecule has 2 aromatic rings. The standard InChI is InChI=1S/C16H21NO3S/c1-13-4-5-15(21-13)8-17(7-14-3-2-6-20-14)9-16(10-18)11-19-12-16/h2-6,18H,7-12H2,1H3. The van der Waals surface area contributed by atoms with Crippen LogP contribution >= 0.6 is 11.3 Å². The fourth-order valence-electron chi connectivity index (χ4n) is 2.68. The molecule has 0 saturated carbocycles. The predicted molar refractivity (Wildman–Crippen MR) is 82.2 cm³/mol. The van der Waals surface area contributed by atoms with Crippen molar-refractivity contribution in [3.63, 3.8) is 0 Å². The maximum Gasteiger partial charge on any atom is 0.117 e. The summed E-state index contributed by atoms with van der Waals surface area (Å²) in [6.45, 7) is 6.03. The van der Waals surface area contributed by atoms with Crippen molar-refractivity contribution in [3.05, 3.63) is 46.0 Å². The molecule has 0 radical (unpaired) electrons. The third-order valence-electron chi connectivity index (χ3n) is 3.85. The predicted octanol–water partition coefficient (Wildman–Crippen LogP) is 2.66. The summed E-state index contributed by atoms with van der Waals surface area (Å²) in [6, 6.07) is 8.24. The monoisotopic (exact) mass is 307 g/mol. The van der Waals surface area contributed by atoms with Gasteiger partial charge in [-0.15, -0.1) is 11.3 Å². The van der Waals surface area contributed by atoms with E-state index >= 15 is 0 Å². The summed E-state index contributed by atoms with van der Waals surface area (Å²) >= 11 is 1.82. The van der Waals surface area contributed by atoms with Gasteiger partial charge in [-0.1, -0.05) is 0 Å². The summed E-state index contributed by atoms with van der Waals surface area (Å²) < 4.78 is 10.8. The molecule has 1 fully saturated rings. The maximum atomic E-state index is 9.65. The second-order valence-electron chi connectivity index (χ2n) is 5.89. The smallest absolute Gasteiger partial charge is 0.117 e. The Hall–Kier alpha value is -1.14. The average Bonchev–Trinajstić information content (AvgIpc) is 3.06. The molecule has 3 rings (SSSR count). The second kappa shape index (κ2) is 6.32. The Morgan fingerprint density at radius 1 is 1.29 bits per heavy atom. The van der Waals surface area contributed by atoms with Gasteiger partial charge in [0.05, 0.1) is 38.0 Å². The molecule has 21 heavy (non-hydrogen) atoms. The quantitative estimate of drug-likeness (QED) is 0.854. The van der Waals surface area contributed by atoms with Crippen molar-refractivity contribution < 1.29 is 14.3 Å². The molecule has 5 heteroatoms. The van der Waals surface area contributed by atoms with Gasteiger partial charge in [-0.25, -0.2) is 0 Å². The van der Waals surface area contributed by atoms with Crippen LogP contribution in [0.1, 0.15) is 15.5 Å². The zero-order valence-electron chi connectivity index (χ0n) is 12.2. The number of ether oxygens (including phenoxy) is 1. The van der Waals surface area contributed by atoms with Gasteiger partial charge >= 0.3 is 0 Å². The summed E-state index contributed by atoms with van der Waals surface area (Å²) in [7, 11) is 0. The lowest BCUT2D eigenvalue weighted by Gasteiger charge is -2.43. The minimum atomic E-state index is -0.112. The lowest BCUT2D eigenvalue weighted by Crippen LogP contribution is -2.52. The fraction of sp³-hybridized carbons (Fsp3) is 0.500. The molecule has 114 valence electrons.